The number of rotatable bonds is 6. The number of phenols is 1. The van der Waals surface area contributed by atoms with Crippen LogP contribution < -0.4 is 20.1 Å². The maximum absolute atomic E-state index is 12.6. The number of nitrogens with one attached hydrogen (secondary N) is 1. The van der Waals surface area contributed by atoms with Crippen LogP contribution in [0.15, 0.2) is 29.1 Å². The lowest BCUT2D eigenvalue weighted by Gasteiger charge is -2.09. The van der Waals surface area contributed by atoms with Crippen molar-refractivity contribution < 1.29 is 5.11 Å². The highest BCUT2D eigenvalue weighted by Gasteiger charge is 2.07. The van der Waals surface area contributed by atoms with E-state index in [9.17, 15) is 9.90 Å². The minimum atomic E-state index is 0.0104. The number of aromatic hydroxyl groups is 1. The van der Waals surface area contributed by atoms with Crippen LogP contribution in [0.1, 0.15) is 27.2 Å². The summed E-state index contributed by atoms with van der Waals surface area (Å²) in [6, 6.07) is 9.05. The molecule has 132 valence electrons. The van der Waals surface area contributed by atoms with E-state index in [0.29, 0.717) is 24.0 Å². The molecule has 0 aliphatic heterocycles. The predicted molar refractivity (Wildman–Crippen MR) is 103 cm³/mol. The lowest BCUT2D eigenvalue weighted by molar-refractivity contribution is 0.475. The Balaban J connectivity index is 2.25. The second-order valence-electron chi connectivity index (χ2n) is 6.01. The zero-order chi connectivity index (χ0) is 18.4. The van der Waals surface area contributed by atoms with Crippen molar-refractivity contribution in [2.45, 2.75) is 33.7 Å². The van der Waals surface area contributed by atoms with Crippen molar-refractivity contribution in [3.63, 3.8) is 0 Å². The number of hydrogen-bond acceptors (Lipinski definition) is 5. The van der Waals surface area contributed by atoms with E-state index < -0.39 is 0 Å². The molecule has 5 nitrogen and oxygen atoms in total. The molecular formula is C19H23N3O2S. The molecule has 6 heteroatoms. The molecular weight excluding hydrogens is 334 g/mol. The summed E-state index contributed by atoms with van der Waals surface area (Å²) in [7, 11) is 0. The summed E-state index contributed by atoms with van der Waals surface area (Å²) in [4.78, 5) is 12.6. The topological polar surface area (TPSA) is 78.1 Å². The van der Waals surface area contributed by atoms with Crippen LogP contribution in [0, 0.1) is 17.2 Å². The van der Waals surface area contributed by atoms with E-state index in [1.54, 1.807) is 16.7 Å². The Morgan fingerprint density at radius 1 is 1.44 bits per heavy atom. The number of hydrogen-bond donors (Lipinski definition) is 2. The van der Waals surface area contributed by atoms with Gasteiger partial charge in [-0.3, -0.25) is 9.36 Å². The van der Waals surface area contributed by atoms with Gasteiger partial charge in [0.05, 0.1) is 21.7 Å². The average Bonchev–Trinajstić information content (AvgIpc) is 2.90. The fourth-order valence-corrected chi connectivity index (χ4v) is 3.78. The van der Waals surface area contributed by atoms with Crippen molar-refractivity contribution in [1.29, 1.82) is 5.26 Å². The van der Waals surface area contributed by atoms with Crippen molar-refractivity contribution in [2.75, 3.05) is 11.9 Å². The fourth-order valence-electron chi connectivity index (χ4n) is 2.51. The van der Waals surface area contributed by atoms with E-state index in [-0.39, 0.29) is 17.2 Å². The first-order valence-electron chi connectivity index (χ1n) is 8.27. The second kappa shape index (κ2) is 8.54. The minimum Gasteiger partial charge on any atom is -0.508 e. The molecule has 1 aromatic carbocycles. The minimum absolute atomic E-state index is 0.0104. The zero-order valence-electron chi connectivity index (χ0n) is 14.7. The molecule has 25 heavy (non-hydrogen) atoms. The molecule has 2 aromatic rings. The van der Waals surface area contributed by atoms with Gasteiger partial charge in [0, 0.05) is 18.8 Å². The summed E-state index contributed by atoms with van der Waals surface area (Å²) in [5.74, 6) is 0.398. The van der Waals surface area contributed by atoms with Gasteiger partial charge in [-0.25, -0.2) is 0 Å². The van der Waals surface area contributed by atoms with Crippen LogP contribution in [0.3, 0.4) is 0 Å². The Kier molecular flexibility index (Phi) is 6.43. The van der Waals surface area contributed by atoms with Crippen LogP contribution in [0.5, 0.6) is 5.75 Å². The lowest BCUT2D eigenvalue weighted by atomic mass is 10.1. The largest absolute Gasteiger partial charge is 0.508 e. The molecule has 2 N–H and O–H groups in total. The molecule has 0 fully saturated rings. The van der Waals surface area contributed by atoms with Crippen molar-refractivity contribution in [2.24, 2.45) is 5.92 Å². The lowest BCUT2D eigenvalue weighted by Crippen LogP contribution is -2.31. The van der Waals surface area contributed by atoms with Crippen molar-refractivity contribution >= 4 is 28.7 Å². The smallest absolute Gasteiger partial charge is 0.268 e. The van der Waals surface area contributed by atoms with Gasteiger partial charge >= 0.3 is 0 Å². The van der Waals surface area contributed by atoms with Crippen LogP contribution in [0.4, 0.5) is 5.69 Å². The van der Waals surface area contributed by atoms with Gasteiger partial charge in [-0.05, 0) is 49.6 Å². The van der Waals surface area contributed by atoms with E-state index in [2.05, 4.69) is 11.4 Å². The number of nitrogens with zero attached hydrogens (tertiary/aromatic N) is 2. The molecule has 0 saturated heterocycles. The molecule has 0 spiro atoms. The Morgan fingerprint density at radius 2 is 2.12 bits per heavy atom. The first-order chi connectivity index (χ1) is 12.0. The molecule has 0 amide bonds. The molecule has 0 aliphatic rings. The van der Waals surface area contributed by atoms with Gasteiger partial charge in [-0.15, -0.1) is 11.3 Å². The summed E-state index contributed by atoms with van der Waals surface area (Å²) in [6.07, 6.45) is 2.31. The van der Waals surface area contributed by atoms with E-state index in [4.69, 9.17) is 5.26 Å². The third-order valence-corrected chi connectivity index (χ3v) is 5.16. The molecule has 1 unspecified atom stereocenters. The summed E-state index contributed by atoms with van der Waals surface area (Å²) < 4.78 is 3.34. The van der Waals surface area contributed by atoms with Crippen molar-refractivity contribution in [3.8, 4) is 11.8 Å². The molecule has 0 radical (unpaired) electrons. The van der Waals surface area contributed by atoms with Crippen LogP contribution >= 0.6 is 11.3 Å². The Hall–Kier alpha value is -2.52. The summed E-state index contributed by atoms with van der Waals surface area (Å²) >= 11 is 1.46. The van der Waals surface area contributed by atoms with E-state index in [0.717, 1.165) is 15.9 Å². The first-order valence-corrected chi connectivity index (χ1v) is 9.09. The van der Waals surface area contributed by atoms with Crippen molar-refractivity contribution in [1.82, 2.24) is 4.57 Å². The summed E-state index contributed by atoms with van der Waals surface area (Å²) in [6.45, 7) is 7.18. The quantitative estimate of drug-likeness (QED) is 0.777. The van der Waals surface area contributed by atoms with Gasteiger partial charge < -0.3 is 10.4 Å². The molecule has 0 aliphatic carbocycles. The maximum Gasteiger partial charge on any atom is 0.268 e. The van der Waals surface area contributed by atoms with Gasteiger partial charge in [0.2, 0.25) is 0 Å². The van der Waals surface area contributed by atoms with Crippen LogP contribution in [0.25, 0.3) is 11.6 Å². The second-order valence-corrected chi connectivity index (χ2v) is 7.04. The van der Waals surface area contributed by atoms with Gasteiger partial charge in [-0.2, -0.15) is 5.26 Å². The zero-order valence-corrected chi connectivity index (χ0v) is 15.6. The molecule has 1 heterocycles. The first kappa shape index (κ1) is 18.8. The van der Waals surface area contributed by atoms with Gasteiger partial charge in [0.1, 0.15) is 5.75 Å². The highest BCUT2D eigenvalue weighted by atomic mass is 32.1. The fraction of sp³-hybridized carbons (Fsp3) is 0.368. The van der Waals surface area contributed by atoms with Crippen molar-refractivity contribution in [3.05, 3.63) is 43.8 Å². The predicted octanol–water partition coefficient (Wildman–Crippen LogP) is 2.25. The highest BCUT2D eigenvalue weighted by molar-refractivity contribution is 7.07. The van der Waals surface area contributed by atoms with Gasteiger partial charge in [-0.1, -0.05) is 13.0 Å². The third-order valence-electron chi connectivity index (χ3n) is 3.86. The maximum atomic E-state index is 12.6. The Morgan fingerprint density at radius 3 is 2.72 bits per heavy atom. The number of benzene rings is 1. The van der Waals surface area contributed by atoms with E-state index >= 15 is 0 Å². The monoisotopic (exact) mass is 357 g/mol. The average molecular weight is 357 g/mol. The van der Waals surface area contributed by atoms with E-state index in [1.807, 2.05) is 39.0 Å². The number of nitriles is 1. The standard InChI is InChI=1S/C19H23N3O2S/c1-4-22-18(24)17(25-19(22)14(3)9-10-20)11-13(2)12-21-15-5-7-16(23)8-6-15/h5-8,11,13,21,23H,4,9,12H2,1-3H3. The molecule has 2 rings (SSSR count). The Labute approximate surface area is 151 Å². The third kappa shape index (κ3) is 4.74. The molecule has 0 bridgehead atoms. The van der Waals surface area contributed by atoms with Crippen LogP contribution in [0.2, 0.25) is 0 Å². The number of anilines is 1. The van der Waals surface area contributed by atoms with Gasteiger partial charge in [0.15, 0.2) is 0 Å². The number of thiazole rings is 1. The molecule has 1 atom stereocenters. The molecule has 1 aromatic heterocycles. The summed E-state index contributed by atoms with van der Waals surface area (Å²) in [5, 5.41) is 21.5. The molecule has 0 saturated carbocycles. The Bertz CT molecular complexity index is 933. The number of aromatic nitrogens is 1. The van der Waals surface area contributed by atoms with Crippen LogP contribution in [-0.4, -0.2) is 16.2 Å². The van der Waals surface area contributed by atoms with Gasteiger partial charge in [0.25, 0.3) is 5.56 Å². The van der Waals surface area contributed by atoms with E-state index in [1.165, 1.54) is 11.3 Å². The summed E-state index contributed by atoms with van der Waals surface area (Å²) in [5.41, 5.74) is 1.87. The van der Waals surface area contributed by atoms with Crippen LogP contribution in [-0.2, 0) is 6.54 Å². The number of phenolic OH excluding ortho intramolecular Hbond substituents is 1. The normalized spacial score (nSPS) is 14.1. The SMILES string of the molecule is CCn1c(=C(C)CC#N)sc(=CC(C)CNc2ccc(O)cc2)c1=O. The highest BCUT2D eigenvalue weighted by Crippen LogP contribution is 2.14.